The van der Waals surface area contributed by atoms with Crippen molar-refractivity contribution in [3.8, 4) is 5.75 Å². The molecule has 5 heteroatoms. The Morgan fingerprint density at radius 3 is 2.90 bits per heavy atom. The summed E-state index contributed by atoms with van der Waals surface area (Å²) in [6, 6.07) is 6.21. The quantitative estimate of drug-likeness (QED) is 0.723. The molecule has 1 N–H and O–H groups in total. The SMILES string of the molecule is CC(C)c1cc(Br)ccc1OCCNCC1CCCO1.Cl. The van der Waals surface area contributed by atoms with Gasteiger partial charge in [0.1, 0.15) is 12.4 Å². The first-order valence-electron chi connectivity index (χ1n) is 7.41. The third kappa shape index (κ3) is 6.15. The summed E-state index contributed by atoms with van der Waals surface area (Å²) in [6.45, 7) is 7.76. The minimum atomic E-state index is 0. The fourth-order valence-corrected chi connectivity index (χ4v) is 2.78. The van der Waals surface area contributed by atoms with E-state index in [2.05, 4.69) is 41.2 Å². The second-order valence-electron chi connectivity index (χ2n) is 5.52. The molecule has 1 saturated heterocycles. The summed E-state index contributed by atoms with van der Waals surface area (Å²) in [7, 11) is 0. The molecule has 0 saturated carbocycles. The van der Waals surface area contributed by atoms with Crippen molar-refractivity contribution in [2.45, 2.75) is 38.7 Å². The first-order chi connectivity index (χ1) is 9.66. The van der Waals surface area contributed by atoms with Crippen LogP contribution in [0.15, 0.2) is 22.7 Å². The van der Waals surface area contributed by atoms with E-state index in [4.69, 9.17) is 9.47 Å². The lowest BCUT2D eigenvalue weighted by molar-refractivity contribution is 0.109. The second kappa shape index (κ2) is 9.67. The number of halogens is 2. The van der Waals surface area contributed by atoms with Gasteiger partial charge in [-0.05, 0) is 42.5 Å². The molecular weight excluding hydrogens is 354 g/mol. The summed E-state index contributed by atoms with van der Waals surface area (Å²) in [5.74, 6) is 1.45. The Bertz CT molecular complexity index is 423. The summed E-state index contributed by atoms with van der Waals surface area (Å²) in [5, 5.41) is 3.40. The predicted octanol–water partition coefficient (Wildman–Crippen LogP) is 4.14. The molecule has 1 aliphatic heterocycles. The summed E-state index contributed by atoms with van der Waals surface area (Å²) < 4.78 is 12.6. The molecule has 0 aromatic heterocycles. The third-order valence-electron chi connectivity index (χ3n) is 3.53. The average Bonchev–Trinajstić information content (AvgIpc) is 2.92. The van der Waals surface area contributed by atoms with E-state index in [0.717, 1.165) is 29.9 Å². The van der Waals surface area contributed by atoms with Crippen LogP contribution in [0, 0.1) is 0 Å². The summed E-state index contributed by atoms with van der Waals surface area (Å²) in [4.78, 5) is 0. The molecule has 1 atom stereocenters. The largest absolute Gasteiger partial charge is 0.492 e. The first-order valence-corrected chi connectivity index (χ1v) is 8.20. The molecule has 1 unspecified atom stereocenters. The molecular formula is C16H25BrClNO2. The topological polar surface area (TPSA) is 30.5 Å². The predicted molar refractivity (Wildman–Crippen MR) is 92.8 cm³/mol. The van der Waals surface area contributed by atoms with E-state index in [1.165, 1.54) is 18.4 Å². The fourth-order valence-electron chi connectivity index (χ4n) is 2.40. The Morgan fingerprint density at radius 2 is 2.24 bits per heavy atom. The van der Waals surface area contributed by atoms with E-state index in [0.29, 0.717) is 18.6 Å². The van der Waals surface area contributed by atoms with Crippen LogP contribution in [0.5, 0.6) is 5.75 Å². The van der Waals surface area contributed by atoms with Crippen molar-refractivity contribution in [3.05, 3.63) is 28.2 Å². The smallest absolute Gasteiger partial charge is 0.122 e. The van der Waals surface area contributed by atoms with Gasteiger partial charge in [0.05, 0.1) is 6.10 Å². The minimum Gasteiger partial charge on any atom is -0.492 e. The van der Waals surface area contributed by atoms with E-state index in [-0.39, 0.29) is 12.4 Å². The molecule has 1 aliphatic rings. The van der Waals surface area contributed by atoms with Crippen LogP contribution < -0.4 is 10.1 Å². The van der Waals surface area contributed by atoms with Crippen LogP contribution in [0.4, 0.5) is 0 Å². The number of hydrogen-bond acceptors (Lipinski definition) is 3. The van der Waals surface area contributed by atoms with E-state index in [1.54, 1.807) is 0 Å². The van der Waals surface area contributed by atoms with E-state index >= 15 is 0 Å². The monoisotopic (exact) mass is 377 g/mol. The van der Waals surface area contributed by atoms with Gasteiger partial charge < -0.3 is 14.8 Å². The van der Waals surface area contributed by atoms with Gasteiger partial charge in [-0.1, -0.05) is 29.8 Å². The zero-order valence-corrected chi connectivity index (χ0v) is 15.1. The molecule has 0 aliphatic carbocycles. The van der Waals surface area contributed by atoms with Crippen molar-refractivity contribution in [1.29, 1.82) is 0 Å². The van der Waals surface area contributed by atoms with Gasteiger partial charge in [0.25, 0.3) is 0 Å². The highest BCUT2D eigenvalue weighted by Gasteiger charge is 2.14. The van der Waals surface area contributed by atoms with Gasteiger partial charge in [-0.15, -0.1) is 12.4 Å². The van der Waals surface area contributed by atoms with Crippen LogP contribution in [0.25, 0.3) is 0 Å². The van der Waals surface area contributed by atoms with Gasteiger partial charge in [0.2, 0.25) is 0 Å². The molecule has 0 radical (unpaired) electrons. The molecule has 2 rings (SSSR count). The lowest BCUT2D eigenvalue weighted by atomic mass is 10.0. The third-order valence-corrected chi connectivity index (χ3v) is 4.02. The molecule has 1 heterocycles. The number of hydrogen-bond donors (Lipinski definition) is 1. The Morgan fingerprint density at radius 1 is 1.43 bits per heavy atom. The zero-order valence-electron chi connectivity index (χ0n) is 12.7. The second-order valence-corrected chi connectivity index (χ2v) is 6.44. The maximum absolute atomic E-state index is 5.89. The summed E-state index contributed by atoms with van der Waals surface area (Å²) >= 11 is 3.51. The van der Waals surface area contributed by atoms with Crippen molar-refractivity contribution in [1.82, 2.24) is 5.32 Å². The molecule has 1 aromatic rings. The molecule has 0 spiro atoms. The van der Waals surface area contributed by atoms with Gasteiger partial charge in [-0.3, -0.25) is 0 Å². The lowest BCUT2D eigenvalue weighted by Gasteiger charge is -2.15. The lowest BCUT2D eigenvalue weighted by Crippen LogP contribution is -2.29. The van der Waals surface area contributed by atoms with E-state index in [9.17, 15) is 0 Å². The van der Waals surface area contributed by atoms with Crippen LogP contribution >= 0.6 is 28.3 Å². The molecule has 1 fully saturated rings. The number of rotatable bonds is 7. The van der Waals surface area contributed by atoms with Crippen molar-refractivity contribution < 1.29 is 9.47 Å². The number of nitrogens with one attached hydrogen (secondary N) is 1. The minimum absolute atomic E-state index is 0. The van der Waals surface area contributed by atoms with Crippen LogP contribution in [-0.2, 0) is 4.74 Å². The standard InChI is InChI=1S/C16H24BrNO2.ClH/c1-12(2)15-10-13(17)5-6-16(15)20-9-7-18-11-14-4-3-8-19-14;/h5-6,10,12,14,18H,3-4,7-9,11H2,1-2H3;1H. The highest BCUT2D eigenvalue weighted by Crippen LogP contribution is 2.29. The molecule has 3 nitrogen and oxygen atoms in total. The van der Waals surface area contributed by atoms with Gasteiger partial charge in [0.15, 0.2) is 0 Å². The molecule has 21 heavy (non-hydrogen) atoms. The van der Waals surface area contributed by atoms with Crippen LogP contribution in [0.2, 0.25) is 0 Å². The van der Waals surface area contributed by atoms with Gasteiger partial charge in [-0.2, -0.15) is 0 Å². The molecule has 120 valence electrons. The van der Waals surface area contributed by atoms with Crippen LogP contribution in [0.3, 0.4) is 0 Å². The van der Waals surface area contributed by atoms with Crippen molar-refractivity contribution in [3.63, 3.8) is 0 Å². The summed E-state index contributed by atoms with van der Waals surface area (Å²) in [5.41, 5.74) is 1.25. The van der Waals surface area contributed by atoms with Crippen molar-refractivity contribution >= 4 is 28.3 Å². The molecule has 0 bridgehead atoms. The molecule has 1 aromatic carbocycles. The van der Waals surface area contributed by atoms with Crippen molar-refractivity contribution in [2.75, 3.05) is 26.3 Å². The summed E-state index contributed by atoms with van der Waals surface area (Å²) in [6.07, 6.45) is 2.77. The number of ether oxygens (including phenoxy) is 2. The van der Waals surface area contributed by atoms with Gasteiger partial charge in [-0.25, -0.2) is 0 Å². The molecule has 0 amide bonds. The van der Waals surface area contributed by atoms with Crippen molar-refractivity contribution in [2.24, 2.45) is 0 Å². The number of benzene rings is 1. The highest BCUT2D eigenvalue weighted by molar-refractivity contribution is 9.10. The normalized spacial score (nSPS) is 17.8. The van der Waals surface area contributed by atoms with Gasteiger partial charge >= 0.3 is 0 Å². The zero-order chi connectivity index (χ0) is 14.4. The Kier molecular flexibility index (Phi) is 8.64. The van der Waals surface area contributed by atoms with E-state index in [1.807, 2.05) is 12.1 Å². The maximum Gasteiger partial charge on any atom is 0.122 e. The Balaban J connectivity index is 0.00000220. The highest BCUT2D eigenvalue weighted by atomic mass is 79.9. The Labute approximate surface area is 142 Å². The Hall–Kier alpha value is -0.290. The van der Waals surface area contributed by atoms with E-state index < -0.39 is 0 Å². The first kappa shape index (κ1) is 18.8. The van der Waals surface area contributed by atoms with Crippen LogP contribution in [0.1, 0.15) is 38.2 Å². The fraction of sp³-hybridized carbons (Fsp3) is 0.625. The van der Waals surface area contributed by atoms with Gasteiger partial charge in [0, 0.05) is 24.2 Å². The average molecular weight is 379 g/mol. The van der Waals surface area contributed by atoms with Crippen LogP contribution in [-0.4, -0.2) is 32.4 Å². The maximum atomic E-state index is 5.89.